The van der Waals surface area contributed by atoms with Crippen LogP contribution in [0.1, 0.15) is 0 Å². The third kappa shape index (κ3) is 6.10. The Hall–Kier alpha value is 0.1000. The molecule has 3 nitrogen and oxygen atoms in total. The molecule has 0 bridgehead atoms. The molecule has 7 heavy (non-hydrogen) atoms. The topological polar surface area (TPSA) is 62.2 Å². The number of hydrogen-bond acceptors (Lipinski definition) is 1. The molecule has 0 saturated heterocycles. The van der Waals surface area contributed by atoms with E-state index in [4.69, 9.17) is 11.1 Å². The van der Waals surface area contributed by atoms with Crippen LogP contribution in [0.5, 0.6) is 0 Å². The van der Waals surface area contributed by atoms with Crippen molar-refractivity contribution in [2.75, 3.05) is 0 Å². The highest BCUT2D eigenvalue weighted by molar-refractivity contribution is 9.19. The van der Waals surface area contributed by atoms with Crippen LogP contribution in [0.15, 0.2) is 4.99 Å². The van der Waals surface area contributed by atoms with E-state index >= 15 is 0 Å². The van der Waals surface area contributed by atoms with E-state index in [2.05, 4.69) is 36.9 Å². The molecular formula is C2H3Br2N3. The molecule has 0 unspecified atom stereocenters. The van der Waals surface area contributed by atoms with Gasteiger partial charge in [0.25, 0.3) is 0 Å². The molecule has 0 saturated carbocycles. The van der Waals surface area contributed by atoms with Gasteiger partial charge in [-0.3, -0.25) is 5.41 Å². The van der Waals surface area contributed by atoms with E-state index in [0.717, 1.165) is 0 Å². The van der Waals surface area contributed by atoms with Crippen molar-refractivity contribution in [1.29, 1.82) is 5.41 Å². The zero-order valence-electron chi connectivity index (χ0n) is 3.28. The van der Waals surface area contributed by atoms with E-state index in [1.807, 2.05) is 0 Å². The van der Waals surface area contributed by atoms with Crippen molar-refractivity contribution in [3.8, 4) is 0 Å². The van der Waals surface area contributed by atoms with Crippen LogP contribution < -0.4 is 5.73 Å². The van der Waals surface area contributed by atoms with Crippen LogP contribution in [0.3, 0.4) is 0 Å². The highest BCUT2D eigenvalue weighted by Crippen LogP contribution is 1.88. The minimum atomic E-state index is 0.0156. The van der Waals surface area contributed by atoms with Crippen molar-refractivity contribution >= 4 is 41.3 Å². The van der Waals surface area contributed by atoms with Crippen LogP contribution in [-0.2, 0) is 0 Å². The molecule has 0 spiro atoms. The zero-order chi connectivity index (χ0) is 5.86. The Labute approximate surface area is 57.8 Å². The molecule has 0 aliphatic carbocycles. The second kappa shape index (κ2) is 3.15. The van der Waals surface area contributed by atoms with Gasteiger partial charge in [0.1, 0.15) is 0 Å². The summed E-state index contributed by atoms with van der Waals surface area (Å²) in [6.07, 6.45) is 0. The molecule has 0 radical (unpaired) electrons. The average molecular weight is 229 g/mol. The Morgan fingerprint density at radius 2 is 2.00 bits per heavy atom. The lowest BCUT2D eigenvalue weighted by Gasteiger charge is -1.80. The van der Waals surface area contributed by atoms with Crippen molar-refractivity contribution in [2.45, 2.75) is 0 Å². The Balaban J connectivity index is 3.68. The van der Waals surface area contributed by atoms with Gasteiger partial charge in [-0.05, 0) is 31.9 Å². The zero-order valence-corrected chi connectivity index (χ0v) is 6.45. The highest BCUT2D eigenvalue weighted by Gasteiger charge is 1.81. The summed E-state index contributed by atoms with van der Waals surface area (Å²) in [7, 11) is 0. The van der Waals surface area contributed by atoms with Gasteiger partial charge in [-0.2, -0.15) is 4.99 Å². The number of nitrogens with one attached hydrogen (secondary N) is 1. The van der Waals surface area contributed by atoms with Gasteiger partial charge >= 0.3 is 0 Å². The van der Waals surface area contributed by atoms with Gasteiger partial charge in [0.2, 0.25) is 0 Å². The molecule has 5 heteroatoms. The summed E-state index contributed by atoms with van der Waals surface area (Å²) in [5, 5.41) is 6.64. The van der Waals surface area contributed by atoms with Crippen LogP contribution in [0.25, 0.3) is 0 Å². The Kier molecular flexibility index (Phi) is 3.19. The quantitative estimate of drug-likeness (QED) is 0.363. The van der Waals surface area contributed by atoms with Crippen LogP contribution >= 0.6 is 31.9 Å². The number of halogens is 2. The fourth-order valence-corrected chi connectivity index (χ4v) is 0.700. The minimum absolute atomic E-state index is 0.0156. The predicted octanol–water partition coefficient (Wildman–Crippen LogP) is 1.03. The maximum absolute atomic E-state index is 6.64. The van der Waals surface area contributed by atoms with Crippen molar-refractivity contribution in [3.63, 3.8) is 0 Å². The third-order valence-electron chi connectivity index (χ3n) is 0.205. The van der Waals surface area contributed by atoms with Gasteiger partial charge in [-0.15, -0.1) is 0 Å². The fraction of sp³-hybridized carbons (Fsp3) is 0. The minimum Gasteiger partial charge on any atom is -0.378 e. The predicted molar refractivity (Wildman–Crippen MR) is 37.2 cm³/mol. The Bertz CT molecular complexity index is 104. The normalized spacial score (nSPS) is 11.4. The molecule has 0 heterocycles. The van der Waals surface area contributed by atoms with E-state index in [0.29, 0.717) is 0 Å². The molecule has 0 rings (SSSR count). The van der Waals surface area contributed by atoms with Crippen molar-refractivity contribution in [1.82, 2.24) is 0 Å². The summed E-state index contributed by atoms with van der Waals surface area (Å²) in [5.74, 6) is 0. The van der Waals surface area contributed by atoms with Gasteiger partial charge in [0.15, 0.2) is 9.49 Å². The summed E-state index contributed by atoms with van der Waals surface area (Å²) in [5.41, 5.74) is 4.99. The number of hydrogen-bond donors (Lipinski definition) is 2. The number of nitrogens with zero attached hydrogens (tertiary/aromatic N) is 1. The third-order valence-corrected chi connectivity index (χ3v) is 0.560. The first-order valence-electron chi connectivity index (χ1n) is 1.36. The summed E-state index contributed by atoms with van der Waals surface area (Å²) < 4.78 is 0.219. The van der Waals surface area contributed by atoms with Gasteiger partial charge in [-0.1, -0.05) is 0 Å². The molecule has 0 fully saturated rings. The first-order chi connectivity index (χ1) is 3.13. The second-order valence-electron chi connectivity index (χ2n) is 0.725. The summed E-state index contributed by atoms with van der Waals surface area (Å²) in [6.45, 7) is 0. The van der Waals surface area contributed by atoms with Crippen molar-refractivity contribution in [2.24, 2.45) is 10.7 Å². The molecule has 0 aromatic carbocycles. The monoisotopic (exact) mass is 227 g/mol. The molecule has 0 atom stereocenters. The van der Waals surface area contributed by atoms with E-state index in [-0.39, 0.29) is 9.49 Å². The largest absolute Gasteiger partial charge is 0.378 e. The maximum Gasteiger partial charge on any atom is 0.191 e. The first-order valence-corrected chi connectivity index (χ1v) is 2.95. The lowest BCUT2D eigenvalue weighted by Crippen LogP contribution is -2.01. The molecule has 0 aromatic rings. The van der Waals surface area contributed by atoms with E-state index in [1.54, 1.807) is 0 Å². The van der Waals surface area contributed by atoms with E-state index in [9.17, 15) is 0 Å². The lowest BCUT2D eigenvalue weighted by molar-refractivity contribution is 1.50. The fourth-order valence-electron chi connectivity index (χ4n) is 0.0938. The van der Waals surface area contributed by atoms with E-state index < -0.39 is 0 Å². The van der Waals surface area contributed by atoms with Crippen LogP contribution in [0.4, 0.5) is 0 Å². The van der Waals surface area contributed by atoms with E-state index in [1.165, 1.54) is 0 Å². The van der Waals surface area contributed by atoms with Gasteiger partial charge < -0.3 is 5.73 Å². The van der Waals surface area contributed by atoms with Crippen molar-refractivity contribution in [3.05, 3.63) is 0 Å². The molecule has 0 aromatic heterocycles. The molecule has 3 N–H and O–H groups in total. The van der Waals surface area contributed by atoms with Crippen LogP contribution in [-0.4, -0.2) is 9.49 Å². The first kappa shape index (κ1) is 7.10. The van der Waals surface area contributed by atoms with Gasteiger partial charge in [0, 0.05) is 0 Å². The molecule has 40 valence electrons. The smallest absolute Gasteiger partial charge is 0.191 e. The standard InChI is InChI=1S/C2H3Br2N3/c3-1(5)7-2(4)6/h(H3,5,6,7). The highest BCUT2D eigenvalue weighted by atomic mass is 79.9. The van der Waals surface area contributed by atoms with Gasteiger partial charge in [0.05, 0.1) is 0 Å². The number of rotatable bonds is 0. The summed E-state index contributed by atoms with van der Waals surface area (Å²) >= 11 is 5.59. The molecule has 0 amide bonds. The summed E-state index contributed by atoms with van der Waals surface area (Å²) in [6, 6.07) is 0. The van der Waals surface area contributed by atoms with Gasteiger partial charge in [-0.25, -0.2) is 0 Å². The lowest BCUT2D eigenvalue weighted by atomic mass is 11.2. The Morgan fingerprint density at radius 1 is 1.57 bits per heavy atom. The van der Waals surface area contributed by atoms with Crippen molar-refractivity contribution < 1.29 is 0 Å². The molecule has 0 aliphatic heterocycles. The summed E-state index contributed by atoms with van der Waals surface area (Å²) in [4.78, 5) is 3.39. The maximum atomic E-state index is 6.64. The number of amidine groups is 2. The second-order valence-corrected chi connectivity index (χ2v) is 2.29. The SMILES string of the molecule is N=C(Br)/N=C(\N)Br. The van der Waals surface area contributed by atoms with Crippen LogP contribution in [0, 0.1) is 5.41 Å². The molecular weight excluding hydrogens is 226 g/mol. The average Bonchev–Trinajstić information content (AvgIpc) is 1.27. The number of aliphatic imine (C=N–C) groups is 1. The molecule has 0 aliphatic rings. The Morgan fingerprint density at radius 3 is 2.00 bits per heavy atom. The number of nitrogens with two attached hydrogens (primary N) is 1. The van der Waals surface area contributed by atoms with Crippen LogP contribution in [0.2, 0.25) is 0 Å².